The zero-order valence-electron chi connectivity index (χ0n) is 14.2. The van der Waals surface area contributed by atoms with Crippen LogP contribution in [0.4, 0.5) is 0 Å². The number of benzene rings is 2. The number of fused-ring (bicyclic) bond motifs is 5. The van der Waals surface area contributed by atoms with Gasteiger partial charge < -0.3 is 15.0 Å². The van der Waals surface area contributed by atoms with E-state index in [9.17, 15) is 0 Å². The smallest absolute Gasteiger partial charge is 0.125 e. The van der Waals surface area contributed by atoms with Crippen LogP contribution in [-0.2, 0) is 6.61 Å². The highest BCUT2D eigenvalue weighted by Crippen LogP contribution is 2.39. The third-order valence-corrected chi connectivity index (χ3v) is 6.30. The predicted octanol–water partition coefficient (Wildman–Crippen LogP) is 4.01. The van der Waals surface area contributed by atoms with E-state index in [0.29, 0.717) is 12.6 Å². The lowest BCUT2D eigenvalue weighted by Crippen LogP contribution is -2.56. The van der Waals surface area contributed by atoms with E-state index in [1.54, 1.807) is 0 Å². The van der Waals surface area contributed by atoms with E-state index in [1.807, 2.05) is 12.1 Å². The molecule has 4 heteroatoms. The van der Waals surface area contributed by atoms with E-state index in [-0.39, 0.29) is 6.04 Å². The van der Waals surface area contributed by atoms with E-state index < -0.39 is 0 Å². The van der Waals surface area contributed by atoms with Crippen LogP contribution in [0.15, 0.2) is 42.5 Å². The van der Waals surface area contributed by atoms with Crippen molar-refractivity contribution in [2.75, 3.05) is 19.6 Å². The Balaban J connectivity index is 1.56. The first-order chi connectivity index (χ1) is 12.3. The number of halogens is 1. The second kappa shape index (κ2) is 6.31. The van der Waals surface area contributed by atoms with Crippen LogP contribution in [0.5, 0.6) is 5.75 Å². The summed E-state index contributed by atoms with van der Waals surface area (Å²) in [5.41, 5.74) is 3.74. The van der Waals surface area contributed by atoms with Crippen LogP contribution in [0.25, 0.3) is 0 Å². The van der Waals surface area contributed by atoms with Gasteiger partial charge in [-0.3, -0.25) is 0 Å². The Morgan fingerprint density at radius 3 is 2.68 bits per heavy atom. The summed E-state index contributed by atoms with van der Waals surface area (Å²) in [5, 5.41) is 4.75. The molecule has 2 unspecified atom stereocenters. The summed E-state index contributed by atoms with van der Waals surface area (Å²) < 4.78 is 6.10. The number of nitrogens with one attached hydrogen (secondary N) is 1. The van der Waals surface area contributed by atoms with Crippen molar-refractivity contribution in [1.29, 1.82) is 0 Å². The third kappa shape index (κ3) is 2.84. The van der Waals surface area contributed by atoms with E-state index in [4.69, 9.17) is 16.3 Å². The number of rotatable bonds is 2. The van der Waals surface area contributed by atoms with Crippen molar-refractivity contribution in [3.05, 3.63) is 64.2 Å². The van der Waals surface area contributed by atoms with Gasteiger partial charge in [0, 0.05) is 23.2 Å². The van der Waals surface area contributed by atoms with Gasteiger partial charge in [-0.25, -0.2) is 0 Å². The molecular weight excluding hydrogens is 332 g/mol. The largest absolute Gasteiger partial charge is 0.489 e. The van der Waals surface area contributed by atoms with Crippen LogP contribution in [0.1, 0.15) is 35.6 Å². The minimum absolute atomic E-state index is 0.137. The average Bonchev–Trinajstić information content (AvgIpc) is 2.80. The topological polar surface area (TPSA) is 24.5 Å². The van der Waals surface area contributed by atoms with E-state index >= 15 is 0 Å². The fourth-order valence-corrected chi connectivity index (χ4v) is 4.87. The minimum atomic E-state index is 0.137. The Bertz CT molecular complexity index is 785. The molecule has 2 bridgehead atoms. The molecule has 3 fully saturated rings. The molecule has 130 valence electrons. The fourth-order valence-electron chi connectivity index (χ4n) is 4.69. The van der Waals surface area contributed by atoms with Crippen LogP contribution in [0, 0.1) is 5.92 Å². The lowest BCUT2D eigenvalue weighted by molar-refractivity contribution is 0.0691. The van der Waals surface area contributed by atoms with Crippen molar-refractivity contribution >= 4 is 11.6 Å². The lowest BCUT2D eigenvalue weighted by Gasteiger charge is -2.46. The molecule has 25 heavy (non-hydrogen) atoms. The number of nitrogens with zero attached hydrogens (tertiary/aromatic N) is 1. The summed E-state index contributed by atoms with van der Waals surface area (Å²) >= 11 is 6.34. The van der Waals surface area contributed by atoms with Gasteiger partial charge in [-0.2, -0.15) is 0 Å². The summed E-state index contributed by atoms with van der Waals surface area (Å²) in [5.74, 6) is 1.73. The highest BCUT2D eigenvalue weighted by Gasteiger charge is 2.36. The molecule has 0 saturated carbocycles. The molecule has 0 radical (unpaired) electrons. The second-order valence-electron chi connectivity index (χ2n) is 7.51. The van der Waals surface area contributed by atoms with E-state index in [1.165, 1.54) is 37.1 Å². The highest BCUT2D eigenvalue weighted by atomic mass is 35.5. The van der Waals surface area contributed by atoms with Crippen molar-refractivity contribution < 1.29 is 4.74 Å². The molecule has 0 amide bonds. The SMILES string of the molecule is Clc1ccc2c(c1)C(NC1CN3CCC1CC3)c1ccccc1CO2. The molecule has 4 heterocycles. The summed E-state index contributed by atoms with van der Waals surface area (Å²) in [6.07, 6.45) is 2.62. The lowest BCUT2D eigenvalue weighted by atomic mass is 9.82. The molecule has 3 saturated heterocycles. The van der Waals surface area contributed by atoms with Crippen LogP contribution in [0.2, 0.25) is 5.02 Å². The number of ether oxygens (including phenoxy) is 1. The Hall–Kier alpha value is -1.55. The fraction of sp³-hybridized carbons (Fsp3) is 0.429. The standard InChI is InChI=1S/C21H23ClN2O/c22-16-5-6-20-18(11-16)21(17-4-2-1-3-15(17)13-25-20)23-19-12-24-9-7-14(19)8-10-24/h1-6,11,14,19,21,23H,7-10,12-13H2. The predicted molar refractivity (Wildman–Crippen MR) is 100 cm³/mol. The number of hydrogen-bond donors (Lipinski definition) is 1. The minimum Gasteiger partial charge on any atom is -0.489 e. The first-order valence-electron chi connectivity index (χ1n) is 9.26. The van der Waals surface area contributed by atoms with Gasteiger partial charge in [-0.1, -0.05) is 35.9 Å². The zero-order chi connectivity index (χ0) is 16.8. The Kier molecular flexibility index (Phi) is 3.96. The molecule has 0 spiro atoms. The van der Waals surface area contributed by atoms with Gasteiger partial charge in [-0.15, -0.1) is 0 Å². The van der Waals surface area contributed by atoms with Crippen molar-refractivity contribution in [2.24, 2.45) is 5.92 Å². The summed E-state index contributed by atoms with van der Waals surface area (Å²) in [6, 6.07) is 15.3. The van der Waals surface area contributed by atoms with Crippen molar-refractivity contribution in [3.63, 3.8) is 0 Å². The molecule has 4 aliphatic heterocycles. The van der Waals surface area contributed by atoms with Gasteiger partial charge in [0.25, 0.3) is 0 Å². The maximum Gasteiger partial charge on any atom is 0.125 e. The van der Waals surface area contributed by atoms with Crippen LogP contribution in [0.3, 0.4) is 0 Å². The first-order valence-corrected chi connectivity index (χ1v) is 9.64. The Labute approximate surface area is 153 Å². The normalized spacial score (nSPS) is 30.1. The molecule has 3 nitrogen and oxygen atoms in total. The van der Waals surface area contributed by atoms with Gasteiger partial charge in [0.2, 0.25) is 0 Å². The highest BCUT2D eigenvalue weighted by molar-refractivity contribution is 6.30. The zero-order valence-corrected chi connectivity index (χ0v) is 15.0. The van der Waals surface area contributed by atoms with Gasteiger partial charge in [-0.05, 0) is 61.2 Å². The summed E-state index contributed by atoms with van der Waals surface area (Å²) in [4.78, 5) is 2.59. The van der Waals surface area contributed by atoms with Crippen molar-refractivity contribution in [1.82, 2.24) is 10.2 Å². The summed E-state index contributed by atoms with van der Waals surface area (Å²) in [6.45, 7) is 4.29. The van der Waals surface area contributed by atoms with Gasteiger partial charge in [0.05, 0.1) is 6.04 Å². The molecule has 2 aromatic carbocycles. The molecular formula is C21H23ClN2O. The van der Waals surface area contributed by atoms with Crippen LogP contribution >= 0.6 is 11.6 Å². The van der Waals surface area contributed by atoms with Crippen molar-refractivity contribution in [3.8, 4) is 5.75 Å². The number of hydrogen-bond acceptors (Lipinski definition) is 3. The maximum absolute atomic E-state index is 6.34. The second-order valence-corrected chi connectivity index (χ2v) is 7.95. The van der Waals surface area contributed by atoms with Crippen molar-refractivity contribution in [2.45, 2.75) is 31.5 Å². The van der Waals surface area contributed by atoms with Gasteiger partial charge >= 0.3 is 0 Å². The Morgan fingerprint density at radius 2 is 1.88 bits per heavy atom. The third-order valence-electron chi connectivity index (χ3n) is 6.07. The summed E-state index contributed by atoms with van der Waals surface area (Å²) in [7, 11) is 0. The van der Waals surface area contributed by atoms with Gasteiger partial charge in [0.15, 0.2) is 0 Å². The molecule has 4 aliphatic rings. The molecule has 0 aliphatic carbocycles. The molecule has 1 N–H and O–H groups in total. The van der Waals surface area contributed by atoms with Gasteiger partial charge in [0.1, 0.15) is 12.4 Å². The molecule has 2 atom stereocenters. The maximum atomic E-state index is 6.34. The monoisotopic (exact) mass is 354 g/mol. The van der Waals surface area contributed by atoms with E-state index in [0.717, 1.165) is 28.8 Å². The van der Waals surface area contributed by atoms with Crippen LogP contribution < -0.4 is 10.1 Å². The quantitative estimate of drug-likeness (QED) is 0.882. The van der Waals surface area contributed by atoms with E-state index in [2.05, 4.69) is 40.5 Å². The average molecular weight is 355 g/mol. The number of piperidine rings is 3. The van der Waals surface area contributed by atoms with Crippen LogP contribution in [-0.4, -0.2) is 30.6 Å². The molecule has 6 rings (SSSR count). The molecule has 2 aromatic rings. The molecule has 0 aromatic heterocycles. The first kappa shape index (κ1) is 15.7. The Morgan fingerprint density at radius 1 is 1.04 bits per heavy atom.